The molecule has 0 saturated heterocycles. The van der Waals surface area contributed by atoms with E-state index in [0.717, 1.165) is 12.2 Å². The van der Waals surface area contributed by atoms with Crippen molar-refractivity contribution in [2.45, 2.75) is 20.0 Å². The van der Waals surface area contributed by atoms with Crippen molar-refractivity contribution in [1.29, 1.82) is 0 Å². The fourth-order valence-electron chi connectivity index (χ4n) is 1.80. The van der Waals surface area contributed by atoms with Gasteiger partial charge in [-0.1, -0.05) is 34.8 Å². The zero-order chi connectivity index (χ0) is 16.3. The molecule has 0 fully saturated rings. The van der Waals surface area contributed by atoms with Crippen molar-refractivity contribution in [2.75, 3.05) is 12.4 Å². The number of benzene rings is 1. The molecule has 2 aromatic rings. The van der Waals surface area contributed by atoms with Crippen LogP contribution in [0.15, 0.2) is 24.4 Å². The number of nitrogens with zero attached hydrogens (tertiary/aromatic N) is 3. The molecule has 1 aromatic carbocycles. The topological polar surface area (TPSA) is 33.1 Å². The third-order valence-electron chi connectivity index (χ3n) is 3.02. The summed E-state index contributed by atoms with van der Waals surface area (Å²) < 4.78 is 1.79. The molecule has 0 radical (unpaired) electrons. The second-order valence-electron chi connectivity index (χ2n) is 4.69. The summed E-state index contributed by atoms with van der Waals surface area (Å²) in [6.07, 6.45) is 1.80. The summed E-state index contributed by atoms with van der Waals surface area (Å²) in [5.74, 6) is 0. The average Bonchev–Trinajstić information content (AvgIpc) is 2.82. The Morgan fingerprint density at radius 3 is 2.64 bits per heavy atom. The first-order valence-corrected chi connectivity index (χ1v) is 8.14. The Kier molecular flexibility index (Phi) is 5.92. The maximum absolute atomic E-state index is 6.17. The normalized spacial score (nSPS) is 10.6. The summed E-state index contributed by atoms with van der Waals surface area (Å²) in [5.41, 5.74) is 1.48. The van der Waals surface area contributed by atoms with Gasteiger partial charge in [-0.15, -0.1) is 0 Å². The molecule has 4 nitrogen and oxygen atoms in total. The fourth-order valence-corrected chi connectivity index (χ4v) is 2.64. The molecule has 1 N–H and O–H groups in total. The van der Waals surface area contributed by atoms with Crippen LogP contribution in [0.2, 0.25) is 15.1 Å². The number of aromatic nitrogens is 2. The van der Waals surface area contributed by atoms with E-state index in [9.17, 15) is 0 Å². The van der Waals surface area contributed by atoms with Gasteiger partial charge in [0.1, 0.15) is 5.69 Å². The van der Waals surface area contributed by atoms with Crippen molar-refractivity contribution in [3.8, 4) is 0 Å². The predicted octanol–water partition coefficient (Wildman–Crippen LogP) is 4.69. The molecule has 0 atom stereocenters. The Hall–Kier alpha value is -1.01. The van der Waals surface area contributed by atoms with Gasteiger partial charge >= 0.3 is 0 Å². The molecule has 0 amide bonds. The minimum Gasteiger partial charge on any atom is -0.346 e. The first-order chi connectivity index (χ1) is 10.4. The molecule has 22 heavy (non-hydrogen) atoms. The summed E-state index contributed by atoms with van der Waals surface area (Å²) in [7, 11) is 1.86. The SMILES string of the molecule is CCn1cc(Cl)c(CN(C)C(=S)Nc2ccc(Cl)cc2Cl)n1. The third-order valence-corrected chi connectivity index (χ3v) is 4.29. The van der Waals surface area contributed by atoms with Crippen LogP contribution in [0.1, 0.15) is 12.6 Å². The Bertz CT molecular complexity index is 687. The van der Waals surface area contributed by atoms with Crippen LogP contribution in [0.5, 0.6) is 0 Å². The number of nitrogens with one attached hydrogen (secondary N) is 1. The van der Waals surface area contributed by atoms with E-state index in [0.29, 0.717) is 32.4 Å². The molecule has 0 aliphatic heterocycles. The lowest BCUT2D eigenvalue weighted by molar-refractivity contribution is 0.492. The highest BCUT2D eigenvalue weighted by Crippen LogP contribution is 2.25. The highest BCUT2D eigenvalue weighted by atomic mass is 35.5. The molecule has 0 bridgehead atoms. The number of hydrogen-bond donors (Lipinski definition) is 1. The number of hydrogen-bond acceptors (Lipinski definition) is 2. The molecule has 0 aliphatic rings. The largest absolute Gasteiger partial charge is 0.346 e. The second kappa shape index (κ2) is 7.51. The van der Waals surface area contributed by atoms with Gasteiger partial charge in [-0.3, -0.25) is 4.68 Å². The van der Waals surface area contributed by atoms with Gasteiger partial charge in [-0.05, 0) is 37.3 Å². The van der Waals surface area contributed by atoms with E-state index in [1.807, 2.05) is 18.9 Å². The maximum Gasteiger partial charge on any atom is 0.173 e. The van der Waals surface area contributed by atoms with Gasteiger partial charge in [0.05, 0.1) is 22.3 Å². The molecule has 2 rings (SSSR count). The number of halogens is 3. The summed E-state index contributed by atoms with van der Waals surface area (Å²) in [5, 5.41) is 9.72. The molecule has 0 aliphatic carbocycles. The van der Waals surface area contributed by atoms with Crippen LogP contribution < -0.4 is 5.32 Å². The van der Waals surface area contributed by atoms with Crippen LogP contribution in [0, 0.1) is 0 Å². The molecular formula is C14H15Cl3N4S. The van der Waals surface area contributed by atoms with E-state index in [-0.39, 0.29) is 0 Å². The van der Waals surface area contributed by atoms with Crippen LogP contribution in [0.3, 0.4) is 0 Å². The quantitative estimate of drug-likeness (QED) is 0.783. The number of rotatable bonds is 4. The lowest BCUT2D eigenvalue weighted by Crippen LogP contribution is -2.31. The lowest BCUT2D eigenvalue weighted by Gasteiger charge is -2.20. The van der Waals surface area contributed by atoms with Crippen LogP contribution in [0.25, 0.3) is 0 Å². The Morgan fingerprint density at radius 2 is 2.05 bits per heavy atom. The Morgan fingerprint density at radius 1 is 1.32 bits per heavy atom. The van der Waals surface area contributed by atoms with Crippen LogP contribution >= 0.6 is 47.0 Å². The van der Waals surface area contributed by atoms with E-state index in [2.05, 4.69) is 10.4 Å². The van der Waals surface area contributed by atoms with Gasteiger partial charge in [0.15, 0.2) is 5.11 Å². The number of anilines is 1. The molecule has 8 heteroatoms. The van der Waals surface area contributed by atoms with Gasteiger partial charge in [0.2, 0.25) is 0 Å². The summed E-state index contributed by atoms with van der Waals surface area (Å²) >= 11 is 23.5. The van der Waals surface area contributed by atoms with Crippen LogP contribution in [-0.4, -0.2) is 26.8 Å². The van der Waals surface area contributed by atoms with Crippen molar-refractivity contribution in [1.82, 2.24) is 14.7 Å². The summed E-state index contributed by atoms with van der Waals surface area (Å²) in [4.78, 5) is 1.84. The van der Waals surface area contributed by atoms with Crippen molar-refractivity contribution in [3.63, 3.8) is 0 Å². The van der Waals surface area contributed by atoms with E-state index in [1.165, 1.54) is 0 Å². The number of thiocarbonyl (C=S) groups is 1. The Labute approximate surface area is 149 Å². The monoisotopic (exact) mass is 376 g/mol. The molecule has 0 unspecified atom stereocenters. The summed E-state index contributed by atoms with van der Waals surface area (Å²) in [6, 6.07) is 5.19. The molecule has 0 spiro atoms. The van der Waals surface area contributed by atoms with Crippen LogP contribution in [-0.2, 0) is 13.1 Å². The van der Waals surface area contributed by atoms with Gasteiger partial charge < -0.3 is 10.2 Å². The third kappa shape index (κ3) is 4.26. The van der Waals surface area contributed by atoms with E-state index >= 15 is 0 Å². The van der Waals surface area contributed by atoms with Crippen molar-refractivity contribution < 1.29 is 0 Å². The van der Waals surface area contributed by atoms with Gasteiger partial charge in [-0.25, -0.2) is 0 Å². The minimum absolute atomic E-state index is 0.503. The molecule has 1 aromatic heterocycles. The Balaban J connectivity index is 2.04. The van der Waals surface area contributed by atoms with Crippen molar-refractivity contribution >= 4 is 57.8 Å². The van der Waals surface area contributed by atoms with E-state index < -0.39 is 0 Å². The average molecular weight is 378 g/mol. The van der Waals surface area contributed by atoms with Crippen molar-refractivity contribution in [3.05, 3.63) is 45.2 Å². The molecule has 1 heterocycles. The smallest absolute Gasteiger partial charge is 0.173 e. The second-order valence-corrected chi connectivity index (χ2v) is 6.33. The lowest BCUT2D eigenvalue weighted by atomic mass is 10.3. The predicted molar refractivity (Wildman–Crippen MR) is 97.1 cm³/mol. The van der Waals surface area contributed by atoms with Crippen LogP contribution in [0.4, 0.5) is 5.69 Å². The molecular weight excluding hydrogens is 363 g/mol. The maximum atomic E-state index is 6.17. The molecule has 118 valence electrons. The molecule has 0 saturated carbocycles. The van der Waals surface area contributed by atoms with Crippen molar-refractivity contribution in [2.24, 2.45) is 0 Å². The zero-order valence-corrected chi connectivity index (χ0v) is 15.2. The standard InChI is InChI=1S/C14H15Cl3N4S/c1-3-21-7-11(17)13(19-21)8-20(2)14(22)18-12-5-4-9(15)6-10(12)16/h4-7H,3,8H2,1-2H3,(H,18,22). The van der Waals surface area contributed by atoms with Gasteiger partial charge in [0.25, 0.3) is 0 Å². The zero-order valence-electron chi connectivity index (χ0n) is 12.1. The highest BCUT2D eigenvalue weighted by molar-refractivity contribution is 7.80. The van der Waals surface area contributed by atoms with E-state index in [4.69, 9.17) is 47.0 Å². The summed E-state index contributed by atoms with van der Waals surface area (Å²) in [6.45, 7) is 3.28. The van der Waals surface area contributed by atoms with Gasteiger partial charge in [0, 0.05) is 24.8 Å². The first-order valence-electron chi connectivity index (χ1n) is 6.59. The fraction of sp³-hybridized carbons (Fsp3) is 0.286. The van der Waals surface area contributed by atoms with E-state index in [1.54, 1.807) is 29.1 Å². The number of aryl methyl sites for hydroxylation is 1. The van der Waals surface area contributed by atoms with Gasteiger partial charge in [-0.2, -0.15) is 5.10 Å². The highest BCUT2D eigenvalue weighted by Gasteiger charge is 2.12. The minimum atomic E-state index is 0.503. The first kappa shape index (κ1) is 17.3.